The highest BCUT2D eigenvalue weighted by Crippen LogP contribution is 2.27. The summed E-state index contributed by atoms with van der Waals surface area (Å²) in [5.74, 6) is -0.0304. The summed E-state index contributed by atoms with van der Waals surface area (Å²) in [5, 5.41) is 4.91. The number of anilines is 1. The van der Waals surface area contributed by atoms with Gasteiger partial charge in [-0.25, -0.2) is 28.7 Å². The number of hydrogen-bond acceptors (Lipinski definition) is 13. The predicted molar refractivity (Wildman–Crippen MR) is 185 cm³/mol. The largest absolute Gasteiger partial charge is 0.468 e. The van der Waals surface area contributed by atoms with Crippen LogP contribution >= 0.6 is 47.0 Å². The third-order valence-electron chi connectivity index (χ3n) is 5.86. The molecule has 0 aliphatic heterocycles. The van der Waals surface area contributed by atoms with Gasteiger partial charge in [0.15, 0.2) is 16.6 Å². The smallest absolute Gasteiger partial charge is 0.315 e. The first-order valence-corrected chi connectivity index (χ1v) is 17.7. The van der Waals surface area contributed by atoms with E-state index in [1.54, 1.807) is 50.6 Å². The number of carbonyl (C=O) groups is 2. The lowest BCUT2D eigenvalue weighted by Crippen LogP contribution is -2.19. The van der Waals surface area contributed by atoms with E-state index in [4.69, 9.17) is 0 Å². The number of nitrogens with zero attached hydrogens (tertiary/aromatic N) is 5. The summed E-state index contributed by atoms with van der Waals surface area (Å²) in [6.07, 6.45) is 7.73. The van der Waals surface area contributed by atoms with Crippen LogP contribution < -0.4 is 10.9 Å². The van der Waals surface area contributed by atoms with Gasteiger partial charge < -0.3 is 10.1 Å². The molecule has 0 atom stereocenters. The van der Waals surface area contributed by atoms with Gasteiger partial charge in [0.1, 0.15) is 23.1 Å². The van der Waals surface area contributed by atoms with E-state index in [0.29, 0.717) is 32.2 Å². The fraction of sp³-hybridized carbons (Fsp3) is 0.194. The molecule has 47 heavy (non-hydrogen) atoms. The van der Waals surface area contributed by atoms with Crippen molar-refractivity contribution in [1.29, 1.82) is 0 Å². The number of fused-ring (bicyclic) bond motifs is 1. The number of aldehydes is 1. The van der Waals surface area contributed by atoms with E-state index in [1.807, 2.05) is 12.5 Å². The van der Waals surface area contributed by atoms with Crippen LogP contribution in [0.1, 0.15) is 10.4 Å². The molecule has 2 aromatic carbocycles. The monoisotopic (exact) mass is 716 g/mol. The number of hydrogen-bond donors (Lipinski definition) is 1. The van der Waals surface area contributed by atoms with Gasteiger partial charge in [0, 0.05) is 41.7 Å². The molecule has 0 unspecified atom stereocenters. The van der Waals surface area contributed by atoms with Gasteiger partial charge in [-0.2, -0.15) is 0 Å². The molecule has 5 rings (SSSR count). The van der Waals surface area contributed by atoms with Crippen LogP contribution in [-0.2, 0) is 16.6 Å². The Morgan fingerprint density at radius 3 is 2.06 bits per heavy atom. The van der Waals surface area contributed by atoms with Gasteiger partial charge in [-0.15, -0.1) is 11.8 Å². The number of nitrogens with one attached hydrogen (secondary N) is 1. The highest BCUT2D eigenvalue weighted by molar-refractivity contribution is 8.00. The van der Waals surface area contributed by atoms with Crippen LogP contribution in [0.5, 0.6) is 0 Å². The number of aromatic nitrogens is 5. The van der Waals surface area contributed by atoms with Crippen LogP contribution in [0.3, 0.4) is 0 Å². The Morgan fingerprint density at radius 1 is 0.936 bits per heavy atom. The Morgan fingerprint density at radius 2 is 1.51 bits per heavy atom. The van der Waals surface area contributed by atoms with Crippen molar-refractivity contribution in [3.8, 4) is 0 Å². The Bertz CT molecular complexity index is 1860. The van der Waals surface area contributed by atoms with Crippen molar-refractivity contribution >= 4 is 76.2 Å². The number of carbonyl (C=O) groups excluding carboxylic acids is 2. The fourth-order valence-electron chi connectivity index (χ4n) is 3.49. The van der Waals surface area contributed by atoms with Gasteiger partial charge in [0.25, 0.3) is 5.56 Å². The van der Waals surface area contributed by atoms with Crippen LogP contribution in [0.25, 0.3) is 11.0 Å². The van der Waals surface area contributed by atoms with E-state index < -0.39 is 0 Å². The van der Waals surface area contributed by atoms with Crippen LogP contribution in [0.2, 0.25) is 0 Å². The molecule has 0 amide bonds. The summed E-state index contributed by atoms with van der Waals surface area (Å²) in [6.45, 7) is 0. The van der Waals surface area contributed by atoms with Gasteiger partial charge in [0.2, 0.25) is 0 Å². The second-order valence-electron chi connectivity index (χ2n) is 8.91. The number of aryl methyl sites for hydroxylation is 1. The molecule has 0 fully saturated rings. The van der Waals surface area contributed by atoms with Crippen LogP contribution in [0.15, 0.2) is 96.8 Å². The number of pyridine rings is 1. The number of thioether (sulfide) groups is 3. The van der Waals surface area contributed by atoms with Gasteiger partial charge in [-0.05, 0) is 67.1 Å². The van der Waals surface area contributed by atoms with Crippen molar-refractivity contribution < 1.29 is 23.1 Å². The minimum absolute atomic E-state index is 0.132. The zero-order valence-electron chi connectivity index (χ0n) is 25.9. The second-order valence-corrected chi connectivity index (χ2v) is 12.6. The van der Waals surface area contributed by atoms with Crippen LogP contribution in [0.4, 0.5) is 14.6 Å². The Kier molecular flexibility index (Phi) is 15.1. The first kappa shape index (κ1) is 37.5. The molecule has 0 aliphatic carbocycles. The van der Waals surface area contributed by atoms with Crippen LogP contribution in [0, 0.1) is 11.6 Å². The average molecular weight is 717 g/mol. The molecule has 246 valence electrons. The third-order valence-corrected chi connectivity index (χ3v) is 8.99. The number of esters is 1. The van der Waals surface area contributed by atoms with Gasteiger partial charge in [-0.3, -0.25) is 19.0 Å². The van der Waals surface area contributed by atoms with E-state index in [-0.39, 0.29) is 28.9 Å². The molecular formula is C31H30F2N6O4S4. The maximum Gasteiger partial charge on any atom is 0.315 e. The number of halogens is 2. The van der Waals surface area contributed by atoms with Crippen molar-refractivity contribution in [3.63, 3.8) is 0 Å². The summed E-state index contributed by atoms with van der Waals surface area (Å²) in [4.78, 5) is 52.5. The van der Waals surface area contributed by atoms with Crippen molar-refractivity contribution in [2.24, 2.45) is 7.05 Å². The molecule has 10 nitrogen and oxygen atoms in total. The van der Waals surface area contributed by atoms with E-state index >= 15 is 0 Å². The lowest BCUT2D eigenvalue weighted by Gasteiger charge is -2.08. The molecule has 0 bridgehead atoms. The standard InChI is InChI=1S/C15H12FN3OS2.C9H9FO2S.C7H9N3OS/c1-19-13-9(8-17-15(18-13)21-2)7-12(14(19)20)22-11-5-3-10(16)4-6-11;1-12-9(11)6-13-8-4-2-7(10)3-5-8;1-8-6-5(4-11)3-9-7(10-6)12-2/h3-8H,1-2H3;2-5H,6H2,1H3;3-4H,1-2H3,(H,8,9,10). The maximum absolute atomic E-state index is 13.0. The molecule has 3 heterocycles. The lowest BCUT2D eigenvalue weighted by molar-refractivity contribution is -0.137. The van der Waals surface area contributed by atoms with Gasteiger partial charge in [0.05, 0.1) is 23.3 Å². The van der Waals surface area contributed by atoms with E-state index in [1.165, 1.54) is 89.2 Å². The van der Waals surface area contributed by atoms with E-state index in [9.17, 15) is 23.2 Å². The molecule has 3 aromatic heterocycles. The molecule has 16 heteroatoms. The van der Waals surface area contributed by atoms with Gasteiger partial charge >= 0.3 is 5.97 Å². The third kappa shape index (κ3) is 11.3. The Labute approximate surface area is 286 Å². The highest BCUT2D eigenvalue weighted by Gasteiger charge is 2.11. The van der Waals surface area contributed by atoms with Crippen molar-refractivity contribution in [2.75, 3.05) is 37.7 Å². The Balaban J connectivity index is 0.000000206. The molecule has 0 saturated heterocycles. The topological polar surface area (TPSA) is 129 Å². The molecule has 0 saturated carbocycles. The number of rotatable bonds is 9. The van der Waals surface area contributed by atoms with Crippen molar-refractivity contribution in [1.82, 2.24) is 24.5 Å². The van der Waals surface area contributed by atoms with Crippen LogP contribution in [-0.4, -0.2) is 69.2 Å². The highest BCUT2D eigenvalue weighted by atomic mass is 32.2. The average Bonchev–Trinajstić information content (AvgIpc) is 3.11. The summed E-state index contributed by atoms with van der Waals surface area (Å²) >= 11 is 5.49. The molecule has 0 spiro atoms. The summed E-state index contributed by atoms with van der Waals surface area (Å²) < 4.78 is 31.4. The van der Waals surface area contributed by atoms with E-state index in [2.05, 4.69) is 30.0 Å². The Hall–Kier alpha value is -3.99. The summed E-state index contributed by atoms with van der Waals surface area (Å²) in [6, 6.07) is 13.8. The predicted octanol–water partition coefficient (Wildman–Crippen LogP) is 6.48. The number of methoxy groups -OCH3 is 1. The van der Waals surface area contributed by atoms with E-state index in [0.717, 1.165) is 21.5 Å². The zero-order valence-corrected chi connectivity index (χ0v) is 29.2. The maximum atomic E-state index is 13.0. The zero-order chi connectivity index (χ0) is 34.3. The number of ether oxygens (including phenoxy) is 1. The number of benzene rings is 2. The fourth-order valence-corrected chi connectivity index (χ4v) is 5.84. The molecule has 1 N–H and O–H groups in total. The molecule has 0 radical (unpaired) electrons. The quantitative estimate of drug-likeness (QED) is 0.0774. The summed E-state index contributed by atoms with van der Waals surface area (Å²) in [5.41, 5.74) is 0.954. The first-order valence-electron chi connectivity index (χ1n) is 13.5. The minimum atomic E-state index is -0.297. The summed E-state index contributed by atoms with van der Waals surface area (Å²) in [7, 11) is 4.75. The minimum Gasteiger partial charge on any atom is -0.468 e. The first-order chi connectivity index (χ1) is 22.6. The lowest BCUT2D eigenvalue weighted by atomic mass is 10.3. The van der Waals surface area contributed by atoms with Gasteiger partial charge in [-0.1, -0.05) is 35.3 Å². The normalized spacial score (nSPS) is 10.3. The SMILES string of the molecule is CNc1nc(SC)ncc1C=O.COC(=O)CSc1ccc(F)cc1.CSc1ncc2cc(Sc3ccc(F)cc3)c(=O)n(C)c2n1. The van der Waals surface area contributed by atoms with Crippen molar-refractivity contribution in [2.45, 2.75) is 25.0 Å². The molecule has 0 aliphatic rings. The molecule has 5 aromatic rings. The molecular weight excluding hydrogens is 687 g/mol. The van der Waals surface area contributed by atoms with Crippen molar-refractivity contribution in [3.05, 3.63) is 94.5 Å². The second kappa shape index (κ2) is 19.0.